The van der Waals surface area contributed by atoms with Crippen molar-refractivity contribution in [3.8, 4) is 0 Å². The normalized spacial score (nSPS) is 22.2. The van der Waals surface area contributed by atoms with Crippen molar-refractivity contribution in [2.45, 2.75) is 62.7 Å². The molecule has 0 unspecified atom stereocenters. The van der Waals surface area contributed by atoms with E-state index >= 15 is 0 Å². The Hall–Kier alpha value is -3.04. The number of aromatic amines is 1. The highest BCUT2D eigenvalue weighted by atomic mass is 35.5. The molecule has 15 nitrogen and oxygen atoms in total. The number of H-pyrrole nitrogens is 1. The van der Waals surface area contributed by atoms with Crippen LogP contribution in [0.4, 0.5) is 5.82 Å². The van der Waals surface area contributed by atoms with Crippen LogP contribution < -0.4 is 5.32 Å². The Kier molecular flexibility index (Phi) is 7.53. The summed E-state index contributed by atoms with van der Waals surface area (Å²) in [5.41, 5.74) is 4.29. The van der Waals surface area contributed by atoms with Crippen molar-refractivity contribution in [2.24, 2.45) is 0 Å². The van der Waals surface area contributed by atoms with E-state index in [0.29, 0.717) is 29.7 Å². The molecule has 5 N–H and O–H groups in total. The lowest BCUT2D eigenvalue weighted by Crippen LogP contribution is -2.41. The monoisotopic (exact) mass is 605 g/mol. The summed E-state index contributed by atoms with van der Waals surface area (Å²) in [4.78, 5) is 28.8. The fourth-order valence-corrected chi connectivity index (χ4v) is 6.39. The molecule has 1 saturated heterocycles. The maximum atomic E-state index is 12.3. The summed E-state index contributed by atoms with van der Waals surface area (Å²) in [6.45, 7) is 0.937. The van der Waals surface area contributed by atoms with E-state index in [9.17, 15) is 19.5 Å². The Labute approximate surface area is 238 Å². The maximum Gasteiger partial charge on any atom is 0.359 e. The first kappa shape index (κ1) is 28.1. The number of nitrogens with zero attached hydrogens (tertiary/aromatic N) is 7. The van der Waals surface area contributed by atoms with E-state index in [-0.39, 0.29) is 23.8 Å². The minimum atomic E-state index is -4.95. The van der Waals surface area contributed by atoms with Gasteiger partial charge < -0.3 is 29.7 Å². The van der Waals surface area contributed by atoms with Gasteiger partial charge in [-0.3, -0.25) is 4.57 Å². The first-order valence-corrected chi connectivity index (χ1v) is 15.1. The number of benzene rings is 1. The summed E-state index contributed by atoms with van der Waals surface area (Å²) >= 11 is 6.33. The number of aliphatic hydroxyl groups excluding tert-OH is 1. The van der Waals surface area contributed by atoms with Gasteiger partial charge in [0.2, 0.25) is 5.28 Å². The van der Waals surface area contributed by atoms with Gasteiger partial charge in [-0.15, -0.1) is 10.2 Å². The lowest BCUT2D eigenvalue weighted by atomic mass is 10.1. The van der Waals surface area contributed by atoms with E-state index in [2.05, 4.69) is 66.1 Å². The minimum Gasteiger partial charge on any atom is -0.393 e. The van der Waals surface area contributed by atoms with Crippen LogP contribution in [0, 0.1) is 6.92 Å². The molecule has 4 heterocycles. The van der Waals surface area contributed by atoms with Crippen molar-refractivity contribution >= 4 is 36.0 Å². The SMILES string of the molecule is Cc1ccc2c(c1)CC[C@H]2Nc1nc(Cl)nc2c1cnn2[C@H]1CC[C@@H](CO[C@@](CO)(Cc2nn[nH]n2)P(=O)(O)O)O1. The van der Waals surface area contributed by atoms with Crippen LogP contribution in [0.15, 0.2) is 24.4 Å². The van der Waals surface area contributed by atoms with Gasteiger partial charge in [0, 0.05) is 0 Å². The molecule has 4 atom stereocenters. The van der Waals surface area contributed by atoms with Crippen molar-refractivity contribution in [3.05, 3.63) is 52.2 Å². The molecule has 0 bridgehead atoms. The average molecular weight is 606 g/mol. The molecule has 2 aliphatic rings. The number of tetrazole rings is 1. The predicted molar refractivity (Wildman–Crippen MR) is 145 cm³/mol. The number of ether oxygens (including phenoxy) is 2. The fourth-order valence-electron chi connectivity index (χ4n) is 5.45. The molecule has 218 valence electrons. The summed E-state index contributed by atoms with van der Waals surface area (Å²) < 4.78 is 25.7. The van der Waals surface area contributed by atoms with Crippen LogP contribution in [-0.4, -0.2) is 79.9 Å². The van der Waals surface area contributed by atoms with Crippen LogP contribution in [0.1, 0.15) is 54.0 Å². The molecule has 0 spiro atoms. The number of aliphatic hydroxyl groups is 1. The van der Waals surface area contributed by atoms with E-state index in [1.807, 2.05) is 0 Å². The van der Waals surface area contributed by atoms with E-state index in [0.717, 1.165) is 12.8 Å². The van der Waals surface area contributed by atoms with Crippen molar-refractivity contribution in [3.63, 3.8) is 0 Å². The molecule has 0 saturated carbocycles. The van der Waals surface area contributed by atoms with Gasteiger partial charge in [-0.2, -0.15) is 20.3 Å². The molecule has 1 aromatic carbocycles. The van der Waals surface area contributed by atoms with E-state index in [1.165, 1.54) is 16.7 Å². The fraction of sp³-hybridized carbons (Fsp3) is 0.500. The quantitative estimate of drug-likeness (QED) is 0.130. The second-order valence-electron chi connectivity index (χ2n) is 10.4. The van der Waals surface area contributed by atoms with Gasteiger partial charge in [0.15, 0.2) is 23.0 Å². The minimum absolute atomic E-state index is 0.00668. The molecule has 0 amide bonds. The van der Waals surface area contributed by atoms with Crippen LogP contribution in [0.3, 0.4) is 0 Å². The van der Waals surface area contributed by atoms with Gasteiger partial charge in [0.25, 0.3) is 0 Å². The molecular formula is C24H29ClN9O6P. The Morgan fingerprint density at radius 3 is 2.90 bits per heavy atom. The summed E-state index contributed by atoms with van der Waals surface area (Å²) in [6.07, 6.45) is 3.13. The third kappa shape index (κ3) is 5.46. The summed E-state index contributed by atoms with van der Waals surface area (Å²) in [5, 5.41) is 29.6. The number of aryl methyl sites for hydroxylation is 2. The van der Waals surface area contributed by atoms with Crippen LogP contribution >= 0.6 is 19.2 Å². The number of fused-ring (bicyclic) bond motifs is 2. The predicted octanol–water partition coefficient (Wildman–Crippen LogP) is 2.20. The second-order valence-corrected chi connectivity index (χ2v) is 12.6. The van der Waals surface area contributed by atoms with Crippen molar-refractivity contribution in [1.82, 2.24) is 40.4 Å². The van der Waals surface area contributed by atoms with Gasteiger partial charge in [0.05, 0.1) is 43.4 Å². The number of nitrogens with one attached hydrogen (secondary N) is 2. The standard InChI is InChI=1S/C24H29ClN9O6P/c1-13-2-5-16-14(8-13)3-6-18(16)27-21-17-10-26-34(22(17)29-23(25)28-21)20-7-4-15(40-20)11-39-24(12-35,41(36,37)38)9-19-30-32-33-31-19/h2,5,8,10,15,18,20,35H,3-4,6-7,9,11-12H2,1H3,(H,27,28,29)(H2,36,37,38)(H,30,31,32,33)/t15-,18+,20+,24-/m0/s1. The average Bonchev–Trinajstić information content (AvgIpc) is 3.73. The highest BCUT2D eigenvalue weighted by molar-refractivity contribution is 7.53. The number of hydrogen-bond acceptors (Lipinski definition) is 11. The van der Waals surface area contributed by atoms with Gasteiger partial charge in [0.1, 0.15) is 5.82 Å². The molecule has 6 rings (SSSR count). The highest BCUT2D eigenvalue weighted by Crippen LogP contribution is 2.53. The Morgan fingerprint density at radius 2 is 2.15 bits per heavy atom. The number of anilines is 1. The smallest absolute Gasteiger partial charge is 0.359 e. The summed E-state index contributed by atoms with van der Waals surface area (Å²) in [7, 11) is -4.95. The van der Waals surface area contributed by atoms with Gasteiger partial charge >= 0.3 is 7.60 Å². The summed E-state index contributed by atoms with van der Waals surface area (Å²) in [5.74, 6) is 0.575. The topological polar surface area (TPSA) is 206 Å². The van der Waals surface area contributed by atoms with E-state index in [1.54, 1.807) is 10.9 Å². The zero-order chi connectivity index (χ0) is 28.8. The molecule has 0 radical (unpaired) electrons. The van der Waals surface area contributed by atoms with Crippen molar-refractivity contribution in [1.29, 1.82) is 0 Å². The van der Waals surface area contributed by atoms with Crippen molar-refractivity contribution in [2.75, 3.05) is 18.5 Å². The van der Waals surface area contributed by atoms with Gasteiger partial charge in [-0.05, 0) is 55.3 Å². The largest absolute Gasteiger partial charge is 0.393 e. The lowest BCUT2D eigenvalue weighted by molar-refractivity contribution is -0.0948. The molecule has 4 aromatic rings. The number of aromatic nitrogens is 8. The van der Waals surface area contributed by atoms with Crippen molar-refractivity contribution < 1.29 is 28.9 Å². The third-order valence-electron chi connectivity index (χ3n) is 7.61. The van der Waals surface area contributed by atoms with Crippen LogP contribution in [0.2, 0.25) is 5.28 Å². The van der Waals surface area contributed by atoms with E-state index in [4.69, 9.17) is 21.1 Å². The summed E-state index contributed by atoms with van der Waals surface area (Å²) in [6, 6.07) is 6.55. The Morgan fingerprint density at radius 1 is 1.29 bits per heavy atom. The molecule has 17 heteroatoms. The number of hydrogen-bond donors (Lipinski definition) is 5. The lowest BCUT2D eigenvalue weighted by Gasteiger charge is -2.32. The second kappa shape index (κ2) is 11.0. The Balaban J connectivity index is 1.18. The van der Waals surface area contributed by atoms with Gasteiger partial charge in [-0.25, -0.2) is 4.68 Å². The first-order valence-electron chi connectivity index (χ1n) is 13.1. The number of halogens is 1. The van der Waals surface area contributed by atoms with Crippen LogP contribution in [-0.2, 0) is 26.9 Å². The molecule has 1 fully saturated rings. The van der Waals surface area contributed by atoms with Gasteiger partial charge in [-0.1, -0.05) is 29.0 Å². The maximum absolute atomic E-state index is 12.3. The number of rotatable bonds is 10. The van der Waals surface area contributed by atoms with Crippen LogP contribution in [0.5, 0.6) is 0 Å². The van der Waals surface area contributed by atoms with Crippen LogP contribution in [0.25, 0.3) is 11.0 Å². The highest BCUT2D eigenvalue weighted by Gasteiger charge is 2.50. The molecule has 1 aliphatic carbocycles. The molecule has 1 aliphatic heterocycles. The molecular weight excluding hydrogens is 577 g/mol. The van der Waals surface area contributed by atoms with E-state index < -0.39 is 38.3 Å². The zero-order valence-electron chi connectivity index (χ0n) is 22.0. The first-order chi connectivity index (χ1) is 19.7. The molecule has 41 heavy (non-hydrogen) atoms. The Bertz CT molecular complexity index is 1600. The third-order valence-corrected chi connectivity index (χ3v) is 9.27. The molecule has 3 aromatic heterocycles. The zero-order valence-corrected chi connectivity index (χ0v) is 23.7.